The number of quaternary nitrogens is 2. The minimum Gasteiger partial charge on any atom is -0.323 e. The van der Waals surface area contributed by atoms with Crippen molar-refractivity contribution in [2.45, 2.75) is 6.92 Å². The molecule has 2 atom stereocenters. The molecule has 0 saturated carbocycles. The number of nitrogens with two attached hydrogens (primary N) is 1. The van der Waals surface area contributed by atoms with E-state index in [2.05, 4.69) is 12.0 Å². The van der Waals surface area contributed by atoms with E-state index in [9.17, 15) is 0 Å². The first-order valence-electron chi connectivity index (χ1n) is 5.17. The molecule has 0 radical (unpaired) electrons. The average molecular weight is 182 g/mol. The van der Waals surface area contributed by atoms with Crippen LogP contribution in [0.15, 0.2) is 5.10 Å². The predicted molar refractivity (Wildman–Crippen MR) is 49.5 cm³/mol. The summed E-state index contributed by atoms with van der Waals surface area (Å²) in [4.78, 5) is 3.51. The molecule has 0 aliphatic carbocycles. The van der Waals surface area contributed by atoms with Crippen LogP contribution in [0.2, 0.25) is 0 Å². The molecule has 4 aliphatic rings. The van der Waals surface area contributed by atoms with Crippen LogP contribution >= 0.6 is 0 Å². The second-order valence-electron chi connectivity index (χ2n) is 5.21. The Kier molecular flexibility index (Phi) is 1.34. The lowest BCUT2D eigenvalue weighted by atomic mass is 9.70. The van der Waals surface area contributed by atoms with Crippen LogP contribution in [0.3, 0.4) is 0 Å². The molecule has 4 bridgehead atoms. The van der Waals surface area contributed by atoms with Crippen molar-refractivity contribution < 1.29 is 9.80 Å². The summed E-state index contributed by atoms with van der Waals surface area (Å²) in [5.74, 6) is 6.19. The Morgan fingerprint density at radius 1 is 1.38 bits per heavy atom. The van der Waals surface area contributed by atoms with E-state index in [0.717, 1.165) is 0 Å². The summed E-state index contributed by atoms with van der Waals surface area (Å²) in [6, 6.07) is 0. The molecule has 4 heteroatoms. The van der Waals surface area contributed by atoms with Crippen LogP contribution in [0.4, 0.5) is 0 Å². The first-order valence-corrected chi connectivity index (χ1v) is 5.17. The highest BCUT2D eigenvalue weighted by atomic mass is 15.4. The third-order valence-corrected chi connectivity index (χ3v) is 3.99. The van der Waals surface area contributed by atoms with E-state index in [1.807, 2.05) is 0 Å². The smallest absolute Gasteiger partial charge is 0.204 e. The van der Waals surface area contributed by atoms with Crippen molar-refractivity contribution >= 4 is 5.71 Å². The highest BCUT2D eigenvalue weighted by Crippen LogP contribution is 2.26. The fourth-order valence-electron chi connectivity index (χ4n) is 3.83. The molecule has 4 nitrogen and oxygen atoms in total. The van der Waals surface area contributed by atoms with E-state index < -0.39 is 0 Å². The highest BCUT2D eigenvalue weighted by molar-refractivity contribution is 5.93. The topological polar surface area (TPSA) is 47.3 Å². The summed E-state index contributed by atoms with van der Waals surface area (Å²) >= 11 is 0. The number of rotatable bonds is 0. The molecular formula is C9H18N4+2. The largest absolute Gasteiger partial charge is 0.323 e. The van der Waals surface area contributed by atoms with E-state index in [4.69, 9.17) is 5.84 Å². The monoisotopic (exact) mass is 182 g/mol. The van der Waals surface area contributed by atoms with Crippen LogP contribution in [0.1, 0.15) is 6.92 Å². The average Bonchev–Trinajstić information content (AvgIpc) is 2.00. The molecule has 2 unspecified atom stereocenters. The van der Waals surface area contributed by atoms with Gasteiger partial charge in [-0.2, -0.15) is 5.10 Å². The zero-order valence-electron chi connectivity index (χ0n) is 8.14. The number of nitrogens with one attached hydrogen (secondary N) is 2. The van der Waals surface area contributed by atoms with E-state index in [1.165, 1.54) is 38.6 Å². The molecule has 4 fully saturated rings. The molecule has 0 aromatic carbocycles. The summed E-state index contributed by atoms with van der Waals surface area (Å²) in [5, 5.41) is 4.05. The molecule has 4 rings (SSSR count). The van der Waals surface area contributed by atoms with Gasteiger partial charge in [-0.1, -0.05) is 0 Å². The number of hydrazone groups is 1. The van der Waals surface area contributed by atoms with Gasteiger partial charge in [-0.15, -0.1) is 0 Å². The Labute approximate surface area is 78.4 Å². The zero-order valence-corrected chi connectivity index (χ0v) is 8.14. The van der Waals surface area contributed by atoms with Gasteiger partial charge < -0.3 is 5.84 Å². The molecule has 0 aromatic rings. The summed E-state index contributed by atoms with van der Waals surface area (Å²) in [7, 11) is 0. The number of hydrogen-bond acceptors (Lipinski definition) is 2. The molecule has 72 valence electrons. The standard InChI is InChI=1S/C9H16N4/c1-9-4-12-2-7(8(9)11-10)3-13(5-9)6-12/h7H,2-6,10H2,1H3/p+2/b11-8+. The molecule has 4 aliphatic heterocycles. The number of nitrogens with zero attached hydrogens (tertiary/aromatic N) is 1. The van der Waals surface area contributed by atoms with Crippen LogP contribution in [-0.4, -0.2) is 38.6 Å². The summed E-state index contributed by atoms with van der Waals surface area (Å²) in [6.45, 7) is 8.71. The van der Waals surface area contributed by atoms with E-state index in [0.29, 0.717) is 11.3 Å². The van der Waals surface area contributed by atoms with Crippen LogP contribution in [0.5, 0.6) is 0 Å². The Bertz CT molecular complexity index is 259. The van der Waals surface area contributed by atoms with Crippen molar-refractivity contribution in [2.24, 2.45) is 22.3 Å². The molecule has 13 heavy (non-hydrogen) atoms. The van der Waals surface area contributed by atoms with E-state index >= 15 is 0 Å². The minimum absolute atomic E-state index is 0.318. The lowest BCUT2D eigenvalue weighted by Gasteiger charge is -2.52. The second kappa shape index (κ2) is 2.25. The highest BCUT2D eigenvalue weighted by Gasteiger charge is 2.57. The van der Waals surface area contributed by atoms with E-state index in [1.54, 1.807) is 9.80 Å². The molecule has 4 heterocycles. The zero-order chi connectivity index (χ0) is 9.05. The molecule has 0 amide bonds. The summed E-state index contributed by atoms with van der Waals surface area (Å²) in [6.07, 6.45) is 0. The first-order chi connectivity index (χ1) is 6.21. The van der Waals surface area contributed by atoms with Crippen molar-refractivity contribution in [3.05, 3.63) is 0 Å². The van der Waals surface area contributed by atoms with Crippen molar-refractivity contribution in [1.29, 1.82) is 0 Å². The quantitative estimate of drug-likeness (QED) is 0.267. The number of piperidine rings is 2. The van der Waals surface area contributed by atoms with Gasteiger partial charge in [0.1, 0.15) is 5.41 Å². The maximum atomic E-state index is 5.51. The summed E-state index contributed by atoms with van der Waals surface area (Å²) < 4.78 is 0. The van der Waals surface area contributed by atoms with Crippen LogP contribution in [-0.2, 0) is 0 Å². The van der Waals surface area contributed by atoms with Gasteiger partial charge in [0.2, 0.25) is 6.67 Å². The van der Waals surface area contributed by atoms with Crippen molar-refractivity contribution in [3.63, 3.8) is 0 Å². The third-order valence-electron chi connectivity index (χ3n) is 3.99. The van der Waals surface area contributed by atoms with E-state index in [-0.39, 0.29) is 0 Å². The summed E-state index contributed by atoms with van der Waals surface area (Å²) in [5.41, 5.74) is 1.62. The molecule has 4 N–H and O–H groups in total. The Morgan fingerprint density at radius 2 is 2.00 bits per heavy atom. The fraction of sp³-hybridized carbons (Fsp3) is 0.889. The van der Waals surface area contributed by atoms with Gasteiger partial charge in [-0.3, -0.25) is 9.80 Å². The van der Waals surface area contributed by atoms with Gasteiger partial charge >= 0.3 is 0 Å². The lowest BCUT2D eigenvalue weighted by Crippen LogP contribution is -3.40. The van der Waals surface area contributed by atoms with Crippen molar-refractivity contribution in [2.75, 3.05) is 32.8 Å². The van der Waals surface area contributed by atoms with Gasteiger partial charge in [0.15, 0.2) is 0 Å². The van der Waals surface area contributed by atoms with Gasteiger partial charge in [0, 0.05) is 0 Å². The maximum Gasteiger partial charge on any atom is 0.204 e. The Morgan fingerprint density at radius 3 is 2.46 bits per heavy atom. The normalized spacial score (nSPS) is 56.1. The van der Waals surface area contributed by atoms with Crippen molar-refractivity contribution in [1.82, 2.24) is 0 Å². The Hall–Kier alpha value is -0.610. The molecule has 4 saturated heterocycles. The molecule has 0 aromatic heterocycles. The van der Waals surface area contributed by atoms with Gasteiger partial charge in [-0.25, -0.2) is 0 Å². The second-order valence-corrected chi connectivity index (χ2v) is 5.21. The predicted octanol–water partition coefficient (Wildman–Crippen LogP) is -3.31. The fourth-order valence-corrected chi connectivity index (χ4v) is 3.83. The van der Waals surface area contributed by atoms with Crippen molar-refractivity contribution in [3.8, 4) is 0 Å². The Balaban J connectivity index is 2.03. The van der Waals surface area contributed by atoms with Crippen LogP contribution in [0.25, 0.3) is 0 Å². The van der Waals surface area contributed by atoms with Gasteiger partial charge in [0.05, 0.1) is 37.8 Å². The number of hydrogen-bond donors (Lipinski definition) is 3. The van der Waals surface area contributed by atoms with Gasteiger partial charge in [0.25, 0.3) is 0 Å². The minimum atomic E-state index is 0.318. The lowest BCUT2D eigenvalue weighted by molar-refractivity contribution is -1.13. The van der Waals surface area contributed by atoms with Crippen LogP contribution < -0.4 is 15.6 Å². The molecular weight excluding hydrogens is 164 g/mol. The third kappa shape index (κ3) is 0.901. The molecule has 0 spiro atoms. The van der Waals surface area contributed by atoms with Gasteiger partial charge in [-0.05, 0) is 6.92 Å². The maximum absolute atomic E-state index is 5.51. The van der Waals surface area contributed by atoms with Crippen LogP contribution in [0, 0.1) is 11.3 Å². The first kappa shape index (κ1) is 7.76. The SMILES string of the molecule is CC12C[NH+]3CC(C[NH+](C3)C1)/C2=N\N.